The Kier molecular flexibility index (Phi) is 3.75. The SMILES string of the molecule is N#Cc1ccc(Cl)c(S(=O)(=O)NCc2nn[nH]n2)c1. The van der Waals surface area contributed by atoms with Gasteiger partial charge in [-0.05, 0) is 18.2 Å². The van der Waals surface area contributed by atoms with Crippen LogP contribution < -0.4 is 4.72 Å². The third kappa shape index (κ3) is 3.05. The van der Waals surface area contributed by atoms with Crippen LogP contribution in [0.25, 0.3) is 0 Å². The van der Waals surface area contributed by atoms with Crippen LogP contribution in [0.15, 0.2) is 23.1 Å². The van der Waals surface area contributed by atoms with Gasteiger partial charge in [-0.15, -0.1) is 10.2 Å². The van der Waals surface area contributed by atoms with Crippen LogP contribution in [0, 0.1) is 11.3 Å². The van der Waals surface area contributed by atoms with Crippen molar-refractivity contribution in [2.24, 2.45) is 0 Å². The molecule has 0 amide bonds. The average molecular weight is 299 g/mol. The predicted octanol–water partition coefficient (Wildman–Crippen LogP) is 0.203. The van der Waals surface area contributed by atoms with Gasteiger partial charge in [-0.25, -0.2) is 13.1 Å². The van der Waals surface area contributed by atoms with Crippen molar-refractivity contribution in [3.63, 3.8) is 0 Å². The fraction of sp³-hybridized carbons (Fsp3) is 0.111. The zero-order chi connectivity index (χ0) is 13.9. The smallest absolute Gasteiger partial charge is 0.207 e. The molecular weight excluding hydrogens is 292 g/mol. The van der Waals surface area contributed by atoms with Crippen molar-refractivity contribution in [1.82, 2.24) is 25.3 Å². The molecule has 0 bridgehead atoms. The van der Waals surface area contributed by atoms with Crippen LogP contribution in [0.2, 0.25) is 5.02 Å². The monoisotopic (exact) mass is 298 g/mol. The highest BCUT2D eigenvalue weighted by molar-refractivity contribution is 7.89. The molecule has 1 aromatic heterocycles. The van der Waals surface area contributed by atoms with E-state index in [4.69, 9.17) is 16.9 Å². The Balaban J connectivity index is 2.27. The first-order valence-corrected chi connectivity index (χ1v) is 6.80. The van der Waals surface area contributed by atoms with Crippen molar-refractivity contribution in [2.45, 2.75) is 11.4 Å². The molecule has 0 saturated carbocycles. The van der Waals surface area contributed by atoms with Gasteiger partial charge < -0.3 is 0 Å². The van der Waals surface area contributed by atoms with Crippen molar-refractivity contribution in [2.75, 3.05) is 0 Å². The number of hydrogen-bond acceptors (Lipinski definition) is 6. The predicted molar refractivity (Wildman–Crippen MR) is 64.4 cm³/mol. The van der Waals surface area contributed by atoms with Crippen LogP contribution in [0.5, 0.6) is 0 Å². The normalized spacial score (nSPS) is 11.2. The van der Waals surface area contributed by atoms with Gasteiger partial charge in [-0.1, -0.05) is 16.8 Å². The van der Waals surface area contributed by atoms with Crippen LogP contribution in [-0.2, 0) is 16.6 Å². The summed E-state index contributed by atoms with van der Waals surface area (Å²) in [5.74, 6) is 0.191. The van der Waals surface area contributed by atoms with Crippen LogP contribution in [0.1, 0.15) is 11.4 Å². The first-order chi connectivity index (χ1) is 9.03. The highest BCUT2D eigenvalue weighted by Crippen LogP contribution is 2.22. The van der Waals surface area contributed by atoms with Crippen LogP contribution >= 0.6 is 11.6 Å². The number of rotatable bonds is 4. The number of H-pyrrole nitrogens is 1. The topological polar surface area (TPSA) is 124 Å². The van der Waals surface area contributed by atoms with Crippen molar-refractivity contribution < 1.29 is 8.42 Å². The number of benzene rings is 1. The molecule has 0 unspecified atom stereocenters. The van der Waals surface area contributed by atoms with E-state index in [0.29, 0.717) is 0 Å². The molecule has 2 N–H and O–H groups in total. The largest absolute Gasteiger partial charge is 0.242 e. The van der Waals surface area contributed by atoms with E-state index < -0.39 is 10.0 Å². The first-order valence-electron chi connectivity index (χ1n) is 4.94. The number of aromatic amines is 1. The highest BCUT2D eigenvalue weighted by atomic mass is 35.5. The number of nitriles is 1. The zero-order valence-electron chi connectivity index (χ0n) is 9.33. The van der Waals surface area contributed by atoms with E-state index >= 15 is 0 Å². The van der Waals surface area contributed by atoms with Crippen molar-refractivity contribution in [3.05, 3.63) is 34.6 Å². The lowest BCUT2D eigenvalue weighted by Gasteiger charge is -2.06. The lowest BCUT2D eigenvalue weighted by atomic mass is 10.2. The molecular formula is C9H7ClN6O2S. The zero-order valence-corrected chi connectivity index (χ0v) is 10.9. The fourth-order valence-electron chi connectivity index (χ4n) is 1.27. The van der Waals surface area contributed by atoms with Gasteiger partial charge >= 0.3 is 0 Å². The van der Waals surface area contributed by atoms with E-state index in [9.17, 15) is 8.42 Å². The standard InChI is InChI=1S/C9H7ClN6O2S/c10-7-2-1-6(4-11)3-8(7)19(17,18)12-5-9-13-15-16-14-9/h1-3,12H,5H2,(H,13,14,15,16). The number of nitrogens with one attached hydrogen (secondary N) is 2. The van der Waals surface area contributed by atoms with E-state index in [1.54, 1.807) is 0 Å². The van der Waals surface area contributed by atoms with Gasteiger partial charge in [0.2, 0.25) is 10.0 Å². The summed E-state index contributed by atoms with van der Waals surface area (Å²) in [4.78, 5) is -0.170. The lowest BCUT2D eigenvalue weighted by molar-refractivity contribution is 0.579. The fourth-order valence-corrected chi connectivity index (χ4v) is 2.78. The van der Waals surface area contributed by atoms with Crippen molar-refractivity contribution in [1.29, 1.82) is 5.26 Å². The quantitative estimate of drug-likeness (QED) is 0.831. The number of hydrogen-bond donors (Lipinski definition) is 2. The van der Waals surface area contributed by atoms with Crippen molar-refractivity contribution >= 4 is 21.6 Å². The minimum Gasteiger partial charge on any atom is -0.207 e. The summed E-state index contributed by atoms with van der Waals surface area (Å²) in [5, 5.41) is 21.5. The Labute approximate surface area is 113 Å². The molecule has 0 atom stereocenters. The Bertz CT molecular complexity index is 722. The summed E-state index contributed by atoms with van der Waals surface area (Å²) < 4.78 is 26.3. The molecule has 1 aromatic carbocycles. The van der Waals surface area contributed by atoms with E-state index in [1.165, 1.54) is 18.2 Å². The number of halogens is 1. The van der Waals surface area contributed by atoms with E-state index in [-0.39, 0.29) is 27.9 Å². The number of sulfonamides is 1. The molecule has 8 nitrogen and oxygen atoms in total. The Morgan fingerprint density at radius 2 is 2.26 bits per heavy atom. The molecule has 0 saturated heterocycles. The van der Waals surface area contributed by atoms with Gasteiger partial charge in [0.1, 0.15) is 4.90 Å². The van der Waals surface area contributed by atoms with Crippen LogP contribution in [-0.4, -0.2) is 29.0 Å². The van der Waals surface area contributed by atoms with Crippen LogP contribution in [0.4, 0.5) is 0 Å². The second kappa shape index (κ2) is 5.31. The van der Waals surface area contributed by atoms with Gasteiger partial charge in [0, 0.05) is 0 Å². The minimum absolute atomic E-state index is 0.0274. The third-order valence-electron chi connectivity index (χ3n) is 2.16. The van der Waals surface area contributed by atoms with E-state index in [2.05, 4.69) is 25.3 Å². The number of tetrazole rings is 1. The second-order valence-electron chi connectivity index (χ2n) is 3.41. The number of nitrogens with zero attached hydrogens (tertiary/aromatic N) is 4. The van der Waals surface area contributed by atoms with Crippen LogP contribution in [0.3, 0.4) is 0 Å². The Morgan fingerprint density at radius 3 is 2.89 bits per heavy atom. The van der Waals surface area contributed by atoms with Gasteiger partial charge in [0.25, 0.3) is 0 Å². The van der Waals surface area contributed by atoms with Gasteiger partial charge in [0.05, 0.1) is 23.2 Å². The summed E-state index contributed by atoms with van der Waals surface area (Å²) in [7, 11) is -3.85. The van der Waals surface area contributed by atoms with Gasteiger partial charge in [0.15, 0.2) is 5.82 Å². The molecule has 1 heterocycles. The molecule has 10 heteroatoms. The molecule has 0 aliphatic carbocycles. The maximum atomic E-state index is 12.0. The first kappa shape index (κ1) is 13.4. The lowest BCUT2D eigenvalue weighted by Crippen LogP contribution is -2.24. The molecule has 0 fully saturated rings. The second-order valence-corrected chi connectivity index (χ2v) is 5.55. The van der Waals surface area contributed by atoms with E-state index in [0.717, 1.165) is 0 Å². The Hall–Kier alpha value is -2.02. The molecule has 0 aliphatic heterocycles. The molecule has 19 heavy (non-hydrogen) atoms. The molecule has 0 aliphatic rings. The maximum Gasteiger partial charge on any atom is 0.242 e. The molecule has 2 rings (SSSR count). The average Bonchev–Trinajstić information content (AvgIpc) is 2.90. The van der Waals surface area contributed by atoms with E-state index in [1.807, 2.05) is 6.07 Å². The maximum absolute atomic E-state index is 12.0. The van der Waals surface area contributed by atoms with Crippen molar-refractivity contribution in [3.8, 4) is 6.07 Å². The molecule has 98 valence electrons. The van der Waals surface area contributed by atoms with Gasteiger partial charge in [-0.3, -0.25) is 0 Å². The summed E-state index contributed by atoms with van der Waals surface area (Å²) in [6.07, 6.45) is 0. The van der Waals surface area contributed by atoms with Gasteiger partial charge in [-0.2, -0.15) is 10.5 Å². The highest BCUT2D eigenvalue weighted by Gasteiger charge is 2.19. The third-order valence-corrected chi connectivity index (χ3v) is 4.04. The number of aromatic nitrogens is 4. The molecule has 2 aromatic rings. The summed E-state index contributed by atoms with van der Waals surface area (Å²) in [6.45, 7) is -0.133. The Morgan fingerprint density at radius 1 is 1.47 bits per heavy atom. The molecule has 0 spiro atoms. The summed E-state index contributed by atoms with van der Waals surface area (Å²) >= 11 is 5.82. The summed E-state index contributed by atoms with van der Waals surface area (Å²) in [5.41, 5.74) is 0.198. The molecule has 0 radical (unpaired) electrons. The summed E-state index contributed by atoms with van der Waals surface area (Å²) in [6, 6.07) is 5.82. The minimum atomic E-state index is -3.85.